The average Bonchev–Trinajstić information content (AvgIpc) is 2.50. The molecule has 0 amide bonds. The molecule has 1 nitrogen and oxygen atoms in total. The van der Waals surface area contributed by atoms with E-state index >= 15 is 0 Å². The van der Waals surface area contributed by atoms with E-state index < -0.39 is 11.3 Å². The minimum absolute atomic E-state index is 0.105. The van der Waals surface area contributed by atoms with Crippen molar-refractivity contribution in [1.29, 1.82) is 0 Å². The molecule has 1 saturated carbocycles. The van der Waals surface area contributed by atoms with Crippen LogP contribution in [-0.2, 0) is 5.41 Å². The van der Waals surface area contributed by atoms with Crippen molar-refractivity contribution in [2.24, 2.45) is 0 Å². The van der Waals surface area contributed by atoms with Crippen molar-refractivity contribution in [3.05, 3.63) is 65.5 Å². The highest BCUT2D eigenvalue weighted by Crippen LogP contribution is 2.50. The molecule has 0 bridgehead atoms. The number of hydrogen-bond donors (Lipinski definition) is 1. The highest BCUT2D eigenvalue weighted by molar-refractivity contribution is 5.42. The Balaban J connectivity index is 2.11. The van der Waals surface area contributed by atoms with Gasteiger partial charge in [-0.3, -0.25) is 0 Å². The number of hydrogen-bond acceptors (Lipinski definition) is 1. The second-order valence-corrected chi connectivity index (χ2v) is 5.96. The summed E-state index contributed by atoms with van der Waals surface area (Å²) in [4.78, 5) is 0. The quantitative estimate of drug-likeness (QED) is 0.825. The Morgan fingerprint density at radius 1 is 0.818 bits per heavy atom. The summed E-state index contributed by atoms with van der Waals surface area (Å²) in [6, 6.07) is 12.8. The number of rotatable bonds is 2. The molecule has 0 saturated heterocycles. The molecule has 1 N–H and O–H groups in total. The summed E-state index contributed by atoms with van der Waals surface area (Å²) in [5, 5.41) is 9.45. The van der Waals surface area contributed by atoms with Gasteiger partial charge >= 0.3 is 0 Å². The van der Waals surface area contributed by atoms with Crippen molar-refractivity contribution >= 4 is 0 Å². The zero-order chi connectivity index (χ0) is 15.8. The first-order chi connectivity index (χ1) is 10.4. The number of alkyl halides is 2. The van der Waals surface area contributed by atoms with E-state index in [2.05, 4.69) is 0 Å². The molecule has 1 aliphatic carbocycles. The van der Waals surface area contributed by atoms with Gasteiger partial charge in [-0.05, 0) is 42.2 Å². The fourth-order valence-electron chi connectivity index (χ4n) is 3.39. The third-order valence-corrected chi connectivity index (χ3v) is 4.64. The van der Waals surface area contributed by atoms with Gasteiger partial charge in [0, 0.05) is 18.3 Å². The SMILES string of the molecule is Oc1ccc(C2(c3ccccc3F)CCC(F)(F)CC2)cc1. The standard InChI is InChI=1S/C18H17F3O/c19-16-4-2-1-3-15(16)17(9-11-18(20,21)12-10-17)13-5-7-14(22)8-6-13/h1-8,22H,9-12H2. The van der Waals surface area contributed by atoms with Crippen LogP contribution in [0.25, 0.3) is 0 Å². The van der Waals surface area contributed by atoms with E-state index in [-0.39, 0.29) is 37.3 Å². The summed E-state index contributed by atoms with van der Waals surface area (Å²) in [5.74, 6) is -2.96. The Bertz CT molecular complexity index is 654. The molecule has 0 spiro atoms. The third-order valence-electron chi connectivity index (χ3n) is 4.64. The van der Waals surface area contributed by atoms with Gasteiger partial charge in [0.15, 0.2) is 0 Å². The Hall–Kier alpha value is -1.97. The number of halogens is 3. The van der Waals surface area contributed by atoms with Gasteiger partial charge in [-0.15, -0.1) is 0 Å². The van der Waals surface area contributed by atoms with E-state index in [1.165, 1.54) is 18.2 Å². The molecule has 0 radical (unpaired) electrons. The summed E-state index contributed by atoms with van der Waals surface area (Å²) in [6.45, 7) is 0. The minimum Gasteiger partial charge on any atom is -0.508 e. The lowest BCUT2D eigenvalue weighted by Gasteiger charge is -2.41. The van der Waals surface area contributed by atoms with Gasteiger partial charge in [0.05, 0.1) is 0 Å². The first-order valence-corrected chi connectivity index (χ1v) is 7.35. The molecule has 22 heavy (non-hydrogen) atoms. The van der Waals surface area contributed by atoms with Crippen LogP contribution in [0.15, 0.2) is 48.5 Å². The monoisotopic (exact) mass is 306 g/mol. The van der Waals surface area contributed by atoms with E-state index in [9.17, 15) is 18.3 Å². The van der Waals surface area contributed by atoms with Gasteiger partial charge in [-0.2, -0.15) is 0 Å². The lowest BCUT2D eigenvalue weighted by atomic mass is 9.64. The van der Waals surface area contributed by atoms with E-state index in [4.69, 9.17) is 0 Å². The zero-order valence-electron chi connectivity index (χ0n) is 12.0. The number of phenols is 1. The fourth-order valence-corrected chi connectivity index (χ4v) is 3.39. The minimum atomic E-state index is -2.69. The van der Waals surface area contributed by atoms with Crippen LogP contribution in [0.5, 0.6) is 5.75 Å². The molecule has 4 heteroatoms. The summed E-state index contributed by atoms with van der Waals surface area (Å²) >= 11 is 0. The largest absolute Gasteiger partial charge is 0.508 e. The summed E-state index contributed by atoms with van der Waals surface area (Å²) in [6.07, 6.45) is -0.151. The molecular weight excluding hydrogens is 289 g/mol. The summed E-state index contributed by atoms with van der Waals surface area (Å²) in [5.41, 5.74) is 0.461. The molecule has 0 aromatic heterocycles. The molecule has 3 rings (SSSR count). The number of phenolic OH excluding ortho intramolecular Hbond substituents is 1. The molecule has 0 heterocycles. The van der Waals surface area contributed by atoms with Crippen molar-refractivity contribution in [3.8, 4) is 5.75 Å². The molecule has 1 fully saturated rings. The van der Waals surface area contributed by atoms with Crippen LogP contribution in [0.1, 0.15) is 36.8 Å². The van der Waals surface area contributed by atoms with E-state index in [1.54, 1.807) is 30.3 Å². The smallest absolute Gasteiger partial charge is 0.248 e. The molecule has 2 aromatic rings. The van der Waals surface area contributed by atoms with Gasteiger partial charge < -0.3 is 5.11 Å². The van der Waals surface area contributed by atoms with Crippen molar-refractivity contribution in [3.63, 3.8) is 0 Å². The second kappa shape index (κ2) is 5.34. The van der Waals surface area contributed by atoms with Crippen molar-refractivity contribution in [1.82, 2.24) is 0 Å². The molecule has 1 aliphatic rings. The van der Waals surface area contributed by atoms with Crippen LogP contribution in [-0.4, -0.2) is 11.0 Å². The first kappa shape index (κ1) is 14.9. The maximum atomic E-state index is 14.3. The summed E-state index contributed by atoms with van der Waals surface area (Å²) in [7, 11) is 0. The number of benzene rings is 2. The normalized spacial score (nSPS) is 19.8. The van der Waals surface area contributed by atoms with E-state index in [0.717, 1.165) is 5.56 Å². The second-order valence-electron chi connectivity index (χ2n) is 5.96. The van der Waals surface area contributed by atoms with Crippen LogP contribution in [0.2, 0.25) is 0 Å². The Labute approximate surface area is 127 Å². The topological polar surface area (TPSA) is 20.2 Å². The zero-order valence-corrected chi connectivity index (χ0v) is 12.0. The van der Waals surface area contributed by atoms with Crippen LogP contribution in [0.4, 0.5) is 13.2 Å². The molecule has 2 aromatic carbocycles. The molecular formula is C18H17F3O. The maximum absolute atomic E-state index is 14.3. The van der Waals surface area contributed by atoms with Gasteiger partial charge in [-0.1, -0.05) is 30.3 Å². The Morgan fingerprint density at radius 2 is 1.41 bits per heavy atom. The van der Waals surface area contributed by atoms with E-state index in [0.29, 0.717) is 5.56 Å². The number of aromatic hydroxyl groups is 1. The van der Waals surface area contributed by atoms with Crippen LogP contribution >= 0.6 is 0 Å². The van der Waals surface area contributed by atoms with Crippen LogP contribution < -0.4 is 0 Å². The predicted octanol–water partition coefficient (Wildman–Crippen LogP) is 5.03. The fraction of sp³-hybridized carbons (Fsp3) is 0.333. The van der Waals surface area contributed by atoms with Crippen molar-refractivity contribution < 1.29 is 18.3 Å². The van der Waals surface area contributed by atoms with Gasteiger partial charge in [0.25, 0.3) is 0 Å². The lowest BCUT2D eigenvalue weighted by molar-refractivity contribution is -0.0474. The predicted molar refractivity (Wildman–Crippen MR) is 78.7 cm³/mol. The lowest BCUT2D eigenvalue weighted by Crippen LogP contribution is -2.38. The maximum Gasteiger partial charge on any atom is 0.248 e. The molecule has 0 unspecified atom stereocenters. The van der Waals surface area contributed by atoms with Gasteiger partial charge in [0.1, 0.15) is 11.6 Å². The molecule has 116 valence electrons. The van der Waals surface area contributed by atoms with Gasteiger partial charge in [0.2, 0.25) is 5.92 Å². The van der Waals surface area contributed by atoms with Crippen LogP contribution in [0.3, 0.4) is 0 Å². The highest BCUT2D eigenvalue weighted by atomic mass is 19.3. The average molecular weight is 306 g/mol. The van der Waals surface area contributed by atoms with Crippen molar-refractivity contribution in [2.75, 3.05) is 0 Å². The van der Waals surface area contributed by atoms with Crippen LogP contribution in [0, 0.1) is 5.82 Å². The first-order valence-electron chi connectivity index (χ1n) is 7.35. The summed E-state index contributed by atoms with van der Waals surface area (Å²) < 4.78 is 41.6. The molecule has 0 aliphatic heterocycles. The Kier molecular flexibility index (Phi) is 3.63. The van der Waals surface area contributed by atoms with Gasteiger partial charge in [-0.25, -0.2) is 13.2 Å². The Morgan fingerprint density at radius 3 is 2.00 bits per heavy atom. The van der Waals surface area contributed by atoms with Crippen molar-refractivity contribution in [2.45, 2.75) is 37.0 Å². The van der Waals surface area contributed by atoms with E-state index in [1.807, 2.05) is 0 Å². The third kappa shape index (κ3) is 2.58. The molecule has 0 atom stereocenters. The highest BCUT2D eigenvalue weighted by Gasteiger charge is 2.46.